The van der Waals surface area contributed by atoms with Crippen molar-refractivity contribution in [2.24, 2.45) is 17.3 Å². The Bertz CT molecular complexity index is 680. The number of hydrogen-bond donors (Lipinski definition) is 3. The highest BCUT2D eigenvalue weighted by atomic mass is 16.5. The Kier molecular flexibility index (Phi) is 4.67. The molecule has 2 saturated heterocycles. The lowest BCUT2D eigenvalue weighted by Crippen LogP contribution is -2.46. The maximum atomic E-state index is 13.0. The number of para-hydroxylation sites is 1. The molecule has 0 saturated carbocycles. The van der Waals surface area contributed by atoms with E-state index in [-0.39, 0.29) is 29.9 Å². The molecule has 1 aromatic rings. The van der Waals surface area contributed by atoms with Crippen molar-refractivity contribution in [2.75, 3.05) is 26.3 Å². The Labute approximate surface area is 154 Å². The summed E-state index contributed by atoms with van der Waals surface area (Å²) in [5.41, 5.74) is 7.23. The molecule has 1 amide bonds. The second-order valence-electron chi connectivity index (χ2n) is 8.46. The van der Waals surface area contributed by atoms with Crippen molar-refractivity contribution in [2.45, 2.75) is 38.8 Å². The van der Waals surface area contributed by atoms with Crippen LogP contribution in [0.25, 0.3) is 0 Å². The average Bonchev–Trinajstić information content (AvgIpc) is 3.23. The number of likely N-dealkylation sites (tertiary alicyclic amines) is 1. The second-order valence-corrected chi connectivity index (χ2v) is 8.46. The van der Waals surface area contributed by atoms with Crippen LogP contribution in [0, 0.1) is 17.3 Å². The maximum Gasteiger partial charge on any atom is 0.241 e. The first-order valence-electron chi connectivity index (χ1n) is 9.64. The SMILES string of the molecule is CC(C)C1CC(C(=O)N2C[C@@H]3COc4ccccc4C[C@]3(CO)C2)NN1. The molecular formula is C20H29N3O3. The summed E-state index contributed by atoms with van der Waals surface area (Å²) in [5.74, 6) is 1.68. The monoisotopic (exact) mass is 359 g/mol. The van der Waals surface area contributed by atoms with E-state index in [1.54, 1.807) is 0 Å². The van der Waals surface area contributed by atoms with Crippen molar-refractivity contribution in [3.05, 3.63) is 29.8 Å². The molecule has 2 unspecified atom stereocenters. The first kappa shape index (κ1) is 17.8. The summed E-state index contributed by atoms with van der Waals surface area (Å²) >= 11 is 0. The third-order valence-corrected chi connectivity index (χ3v) is 6.43. The van der Waals surface area contributed by atoms with Crippen molar-refractivity contribution in [3.63, 3.8) is 0 Å². The van der Waals surface area contributed by atoms with Crippen molar-refractivity contribution in [3.8, 4) is 5.75 Å². The maximum absolute atomic E-state index is 13.0. The van der Waals surface area contributed by atoms with Crippen LogP contribution in [0.15, 0.2) is 24.3 Å². The fourth-order valence-corrected chi connectivity index (χ4v) is 4.63. The van der Waals surface area contributed by atoms with Gasteiger partial charge in [0.1, 0.15) is 11.8 Å². The Morgan fingerprint density at radius 3 is 2.92 bits per heavy atom. The Hall–Kier alpha value is -1.63. The number of amides is 1. The van der Waals surface area contributed by atoms with Crippen molar-refractivity contribution >= 4 is 5.91 Å². The molecule has 0 aliphatic carbocycles. The predicted octanol–water partition coefficient (Wildman–Crippen LogP) is 0.950. The van der Waals surface area contributed by atoms with Crippen LogP contribution in [-0.2, 0) is 11.2 Å². The molecule has 26 heavy (non-hydrogen) atoms. The van der Waals surface area contributed by atoms with Gasteiger partial charge in [-0.15, -0.1) is 0 Å². The molecule has 6 heteroatoms. The molecule has 0 radical (unpaired) electrons. The first-order valence-corrected chi connectivity index (χ1v) is 9.64. The van der Waals surface area contributed by atoms with E-state index in [0.29, 0.717) is 31.7 Å². The van der Waals surface area contributed by atoms with Crippen LogP contribution in [-0.4, -0.2) is 54.3 Å². The third kappa shape index (κ3) is 3.00. The molecule has 3 N–H and O–H groups in total. The smallest absolute Gasteiger partial charge is 0.241 e. The second kappa shape index (κ2) is 6.83. The van der Waals surface area contributed by atoms with Gasteiger partial charge in [0.2, 0.25) is 5.91 Å². The summed E-state index contributed by atoms with van der Waals surface area (Å²) in [6, 6.07) is 8.17. The highest BCUT2D eigenvalue weighted by Crippen LogP contribution is 2.43. The number of fused-ring (bicyclic) bond motifs is 2. The van der Waals surface area contributed by atoms with Gasteiger partial charge in [0.05, 0.1) is 13.2 Å². The van der Waals surface area contributed by atoms with E-state index >= 15 is 0 Å². The molecule has 3 aliphatic rings. The van der Waals surface area contributed by atoms with Crippen molar-refractivity contribution in [1.82, 2.24) is 15.8 Å². The largest absolute Gasteiger partial charge is 0.493 e. The first-order chi connectivity index (χ1) is 12.5. The van der Waals surface area contributed by atoms with Gasteiger partial charge in [-0.2, -0.15) is 0 Å². The van der Waals surface area contributed by atoms with E-state index in [0.717, 1.165) is 24.2 Å². The third-order valence-electron chi connectivity index (χ3n) is 6.43. The van der Waals surface area contributed by atoms with E-state index in [1.165, 1.54) is 0 Å². The topological polar surface area (TPSA) is 73.8 Å². The van der Waals surface area contributed by atoms with Crippen LogP contribution in [0.1, 0.15) is 25.8 Å². The Morgan fingerprint density at radius 1 is 1.38 bits per heavy atom. The number of hydrogen-bond acceptors (Lipinski definition) is 5. The number of nitrogens with one attached hydrogen (secondary N) is 2. The number of rotatable bonds is 3. The number of ether oxygens (including phenoxy) is 1. The lowest BCUT2D eigenvalue weighted by atomic mass is 9.75. The van der Waals surface area contributed by atoms with Gasteiger partial charge < -0.3 is 14.7 Å². The van der Waals surface area contributed by atoms with Gasteiger partial charge in [0.15, 0.2) is 0 Å². The van der Waals surface area contributed by atoms with E-state index < -0.39 is 0 Å². The van der Waals surface area contributed by atoms with Gasteiger partial charge in [-0.25, -0.2) is 5.43 Å². The molecule has 6 nitrogen and oxygen atoms in total. The highest BCUT2D eigenvalue weighted by Gasteiger charge is 2.50. The number of carbonyl (C=O) groups is 1. The van der Waals surface area contributed by atoms with Crippen molar-refractivity contribution in [1.29, 1.82) is 0 Å². The lowest BCUT2D eigenvalue weighted by Gasteiger charge is -2.30. The number of hydrazine groups is 1. The summed E-state index contributed by atoms with van der Waals surface area (Å²) in [6.07, 6.45) is 1.56. The van der Waals surface area contributed by atoms with Gasteiger partial charge in [0, 0.05) is 30.5 Å². The fourth-order valence-electron chi connectivity index (χ4n) is 4.63. The van der Waals surface area contributed by atoms with E-state index in [2.05, 4.69) is 30.8 Å². The molecule has 142 valence electrons. The number of benzene rings is 1. The fraction of sp³-hybridized carbons (Fsp3) is 0.650. The molecular weight excluding hydrogens is 330 g/mol. The summed E-state index contributed by atoms with van der Waals surface area (Å²) in [6.45, 7) is 6.19. The zero-order valence-electron chi connectivity index (χ0n) is 15.6. The van der Waals surface area contributed by atoms with Gasteiger partial charge in [-0.3, -0.25) is 10.2 Å². The Morgan fingerprint density at radius 2 is 2.19 bits per heavy atom. The molecule has 1 aromatic carbocycles. The minimum atomic E-state index is -0.314. The van der Waals surface area contributed by atoms with Gasteiger partial charge in [0.25, 0.3) is 0 Å². The molecule has 4 atom stereocenters. The molecule has 3 heterocycles. The molecule has 0 aromatic heterocycles. The normalized spacial score (nSPS) is 33.5. The number of carbonyl (C=O) groups excluding carboxylic acids is 1. The number of aliphatic hydroxyl groups excluding tert-OH is 1. The van der Waals surface area contributed by atoms with Gasteiger partial charge >= 0.3 is 0 Å². The minimum absolute atomic E-state index is 0.0735. The average molecular weight is 359 g/mol. The summed E-state index contributed by atoms with van der Waals surface area (Å²) in [4.78, 5) is 15.0. The molecule has 3 aliphatic heterocycles. The lowest BCUT2D eigenvalue weighted by molar-refractivity contribution is -0.132. The van der Waals surface area contributed by atoms with Crippen LogP contribution in [0.4, 0.5) is 0 Å². The van der Waals surface area contributed by atoms with E-state index in [4.69, 9.17) is 4.74 Å². The summed E-state index contributed by atoms with van der Waals surface area (Å²) in [5, 5.41) is 10.3. The number of nitrogens with zero attached hydrogens (tertiary/aromatic N) is 1. The zero-order chi connectivity index (χ0) is 18.3. The highest BCUT2D eigenvalue weighted by molar-refractivity contribution is 5.82. The van der Waals surface area contributed by atoms with Crippen molar-refractivity contribution < 1.29 is 14.6 Å². The van der Waals surface area contributed by atoms with Gasteiger partial charge in [-0.1, -0.05) is 32.0 Å². The van der Waals surface area contributed by atoms with Crippen LogP contribution >= 0.6 is 0 Å². The molecule has 0 bridgehead atoms. The van der Waals surface area contributed by atoms with Gasteiger partial charge in [-0.05, 0) is 30.4 Å². The summed E-state index contributed by atoms with van der Waals surface area (Å²) in [7, 11) is 0. The molecule has 0 spiro atoms. The van der Waals surface area contributed by atoms with Crippen LogP contribution < -0.4 is 15.6 Å². The van der Waals surface area contributed by atoms with E-state index in [9.17, 15) is 9.90 Å². The van der Waals surface area contributed by atoms with Crippen LogP contribution in [0.2, 0.25) is 0 Å². The molecule has 4 rings (SSSR count). The van der Waals surface area contributed by atoms with E-state index in [1.807, 2.05) is 23.1 Å². The predicted molar refractivity (Wildman–Crippen MR) is 98.5 cm³/mol. The number of aliphatic hydroxyl groups is 1. The zero-order valence-corrected chi connectivity index (χ0v) is 15.6. The summed E-state index contributed by atoms with van der Waals surface area (Å²) < 4.78 is 6.01. The Balaban J connectivity index is 1.50. The van der Waals surface area contributed by atoms with Crippen LogP contribution in [0.3, 0.4) is 0 Å². The quantitative estimate of drug-likeness (QED) is 0.749. The molecule has 2 fully saturated rings. The standard InChI is InChI=1S/C20H29N3O3/c1-13(2)16-7-17(22-21-16)19(25)23-9-15-10-26-18-6-4-3-5-14(18)8-20(15,11-23)12-24/h3-6,13,15-17,21-22,24H,7-12H2,1-2H3/t15-,16?,17?,20-/m1/s1. The van der Waals surface area contributed by atoms with Crippen LogP contribution in [0.5, 0.6) is 5.75 Å². The minimum Gasteiger partial charge on any atom is -0.493 e.